The van der Waals surface area contributed by atoms with Gasteiger partial charge < -0.3 is 39.7 Å². The topological polar surface area (TPSA) is 163 Å². The molecule has 5 fully saturated rings. The molecule has 5 aliphatic carbocycles. The van der Waals surface area contributed by atoms with Crippen LogP contribution in [0.1, 0.15) is 113 Å². The van der Waals surface area contributed by atoms with Gasteiger partial charge in [0, 0.05) is 24.2 Å². The van der Waals surface area contributed by atoms with E-state index in [1.807, 2.05) is 13.8 Å². The zero-order chi connectivity index (χ0) is 35.4. The predicted molar refractivity (Wildman–Crippen MR) is 176 cm³/mol. The Morgan fingerprint density at radius 2 is 1.58 bits per heavy atom. The van der Waals surface area contributed by atoms with Crippen molar-refractivity contribution < 1.29 is 49.3 Å². The molecule has 1 heterocycles. The molecule has 0 bridgehead atoms. The molecule has 0 aromatic carbocycles. The minimum absolute atomic E-state index is 0.0521. The van der Waals surface area contributed by atoms with Crippen LogP contribution in [0.5, 0.6) is 0 Å². The van der Waals surface area contributed by atoms with E-state index in [1.165, 1.54) is 12.5 Å². The number of ether oxygens (including phenoxy) is 3. The summed E-state index contributed by atoms with van der Waals surface area (Å²) in [5, 5.41) is 55.5. The number of aliphatic hydroxyl groups is 4. The molecule has 0 amide bonds. The fourth-order valence-corrected chi connectivity index (χ4v) is 12.3. The molecule has 6 rings (SSSR count). The molecule has 10 nitrogen and oxygen atoms in total. The van der Waals surface area contributed by atoms with Crippen LogP contribution in [0.15, 0.2) is 11.6 Å². The summed E-state index contributed by atoms with van der Waals surface area (Å²) in [7, 11) is 0. The van der Waals surface area contributed by atoms with E-state index in [0.29, 0.717) is 12.8 Å². The summed E-state index contributed by atoms with van der Waals surface area (Å²) in [5.41, 5.74) is -0.807. The van der Waals surface area contributed by atoms with Crippen LogP contribution < -0.4 is 0 Å². The Kier molecular flexibility index (Phi) is 8.86. The van der Waals surface area contributed by atoms with E-state index >= 15 is 0 Å². The number of aliphatic hydroxyl groups excluding tert-OH is 4. The van der Waals surface area contributed by atoms with Gasteiger partial charge in [-0.1, -0.05) is 46.3 Å². The van der Waals surface area contributed by atoms with Crippen molar-refractivity contribution in [2.75, 3.05) is 6.61 Å². The van der Waals surface area contributed by atoms with Gasteiger partial charge in [-0.25, -0.2) is 0 Å². The fraction of sp³-hybridized carbons (Fsp3) is 0.895. The van der Waals surface area contributed by atoms with Crippen LogP contribution >= 0.6 is 0 Å². The van der Waals surface area contributed by atoms with Gasteiger partial charge in [0.15, 0.2) is 12.4 Å². The minimum Gasteiger partial charge on any atom is -0.481 e. The molecular weight excluding hydrogens is 616 g/mol. The number of carbonyl (C=O) groups excluding carboxylic acids is 1. The minimum atomic E-state index is -1.46. The Hall–Kier alpha value is -1.56. The highest BCUT2D eigenvalue weighted by Gasteiger charge is 2.71. The Morgan fingerprint density at radius 3 is 2.23 bits per heavy atom. The smallest absolute Gasteiger partial charge is 0.309 e. The summed E-state index contributed by atoms with van der Waals surface area (Å²) < 4.78 is 17.3. The highest BCUT2D eigenvalue weighted by atomic mass is 16.7. The van der Waals surface area contributed by atoms with Gasteiger partial charge in [0.2, 0.25) is 0 Å². The summed E-state index contributed by atoms with van der Waals surface area (Å²) in [4.78, 5) is 24.0. The molecule has 5 N–H and O–H groups in total. The first-order chi connectivity index (χ1) is 22.2. The largest absolute Gasteiger partial charge is 0.481 e. The molecule has 0 spiro atoms. The number of rotatable bonds is 5. The Bertz CT molecular complexity index is 1330. The molecule has 2 unspecified atom stereocenters. The molecule has 48 heavy (non-hydrogen) atoms. The lowest BCUT2D eigenvalue weighted by Crippen LogP contribution is -2.69. The number of carboxylic acid groups (broad SMARTS) is 1. The van der Waals surface area contributed by atoms with Crippen LogP contribution in [0.4, 0.5) is 0 Å². The first kappa shape index (κ1) is 36.2. The van der Waals surface area contributed by atoms with Crippen LogP contribution in [0.2, 0.25) is 0 Å². The van der Waals surface area contributed by atoms with Crippen molar-refractivity contribution in [2.45, 2.75) is 156 Å². The second-order valence-corrected chi connectivity index (χ2v) is 18.3. The SMILES string of the molecule is CC(=O)O[C@@H]1[C@@H](O)[C@@H](O)[C@H](OC[C@@]2(C)C3CC[C@]4(C)C(CC=C5[C@@H]6C[C@](C)(C(=O)O)CC[C@]6(C)CC[C@]54C)[C@@]3(C)[C@@H](O)C[C@@H]2O)O[C@@H]1C. The third kappa shape index (κ3) is 5.01. The summed E-state index contributed by atoms with van der Waals surface area (Å²) in [6.45, 7) is 16.3. The number of carbonyl (C=O) groups is 2. The van der Waals surface area contributed by atoms with Gasteiger partial charge in [-0.05, 0) is 99.2 Å². The molecule has 1 saturated heterocycles. The second-order valence-electron chi connectivity index (χ2n) is 18.3. The maximum atomic E-state index is 12.4. The predicted octanol–water partition coefficient (Wildman–Crippen LogP) is 4.60. The Balaban J connectivity index is 1.29. The summed E-state index contributed by atoms with van der Waals surface area (Å²) >= 11 is 0. The third-order valence-corrected chi connectivity index (χ3v) is 15.9. The van der Waals surface area contributed by atoms with E-state index in [4.69, 9.17) is 14.2 Å². The van der Waals surface area contributed by atoms with Crippen molar-refractivity contribution in [3.8, 4) is 0 Å². The third-order valence-electron chi connectivity index (χ3n) is 15.9. The number of fused-ring (bicyclic) bond motifs is 7. The van der Waals surface area contributed by atoms with Crippen molar-refractivity contribution in [1.82, 2.24) is 0 Å². The van der Waals surface area contributed by atoms with E-state index in [-0.39, 0.29) is 47.0 Å². The van der Waals surface area contributed by atoms with Crippen molar-refractivity contribution >= 4 is 11.9 Å². The van der Waals surface area contributed by atoms with Gasteiger partial charge in [0.05, 0.1) is 30.3 Å². The van der Waals surface area contributed by atoms with Crippen molar-refractivity contribution in [1.29, 1.82) is 0 Å². The number of esters is 1. The molecule has 0 aromatic rings. The zero-order valence-corrected chi connectivity index (χ0v) is 30.2. The molecule has 0 aromatic heterocycles. The van der Waals surface area contributed by atoms with Gasteiger partial charge in [0.25, 0.3) is 0 Å². The summed E-state index contributed by atoms with van der Waals surface area (Å²) in [5.74, 6) is -1.04. The average Bonchev–Trinajstić information content (AvgIpc) is 3.00. The van der Waals surface area contributed by atoms with E-state index in [9.17, 15) is 35.1 Å². The number of hydrogen-bond donors (Lipinski definition) is 5. The van der Waals surface area contributed by atoms with Crippen LogP contribution in [0.3, 0.4) is 0 Å². The van der Waals surface area contributed by atoms with Crippen LogP contribution in [0, 0.1) is 50.2 Å². The van der Waals surface area contributed by atoms with E-state index in [2.05, 4.69) is 33.8 Å². The lowest BCUT2D eigenvalue weighted by Gasteiger charge is -2.72. The maximum Gasteiger partial charge on any atom is 0.309 e. The quantitative estimate of drug-likeness (QED) is 0.206. The summed E-state index contributed by atoms with van der Waals surface area (Å²) in [6, 6.07) is 0. The van der Waals surface area contributed by atoms with Crippen molar-refractivity contribution in [3.05, 3.63) is 11.6 Å². The average molecular weight is 677 g/mol. The van der Waals surface area contributed by atoms with Gasteiger partial charge in [-0.2, -0.15) is 0 Å². The van der Waals surface area contributed by atoms with Gasteiger partial charge in [-0.3, -0.25) is 9.59 Å². The van der Waals surface area contributed by atoms with Gasteiger partial charge in [0.1, 0.15) is 12.2 Å². The van der Waals surface area contributed by atoms with Crippen LogP contribution in [-0.2, 0) is 23.8 Å². The van der Waals surface area contributed by atoms with Crippen molar-refractivity contribution in [2.24, 2.45) is 50.2 Å². The molecule has 16 atom stereocenters. The normalized spacial score (nSPS) is 54.9. The maximum absolute atomic E-state index is 12.4. The zero-order valence-electron chi connectivity index (χ0n) is 30.2. The lowest BCUT2D eigenvalue weighted by molar-refractivity contribution is -0.315. The Labute approximate surface area is 285 Å². The van der Waals surface area contributed by atoms with E-state index < -0.39 is 71.1 Å². The number of hydrogen-bond acceptors (Lipinski definition) is 9. The fourth-order valence-electron chi connectivity index (χ4n) is 12.3. The Morgan fingerprint density at radius 1 is 0.917 bits per heavy atom. The number of aliphatic carboxylic acids is 1. The molecule has 10 heteroatoms. The highest BCUT2D eigenvalue weighted by molar-refractivity contribution is 5.74. The first-order valence-corrected chi connectivity index (χ1v) is 18.3. The summed E-state index contributed by atoms with van der Waals surface area (Å²) in [6.07, 6.45) is 2.12. The lowest BCUT2D eigenvalue weighted by atomic mass is 9.33. The first-order valence-electron chi connectivity index (χ1n) is 18.3. The van der Waals surface area contributed by atoms with E-state index in [0.717, 1.165) is 38.5 Å². The standard InChI is InChI=1S/C38H60O10/c1-20-30(48-21(2)39)28(42)29(43)31(47-20)46-19-35(5)24-11-12-37(7)25(38(24,8)27(41)17-26(35)40)10-9-22-23-18-34(4,32(44)45)14-13-33(23,3)15-16-36(22,37)6/h9,20,23-31,40-43H,10-19H2,1-8H3,(H,44,45)/t20-,23+,24?,25?,26+,27+,28+,29-,30+,31-,33-,34-,35+,36-,37-,38+/m1/s1. The number of allylic oxidation sites excluding steroid dienone is 2. The van der Waals surface area contributed by atoms with Crippen molar-refractivity contribution in [3.63, 3.8) is 0 Å². The second kappa shape index (κ2) is 11.7. The van der Waals surface area contributed by atoms with Gasteiger partial charge in [-0.15, -0.1) is 0 Å². The van der Waals surface area contributed by atoms with Gasteiger partial charge >= 0.3 is 11.9 Å². The molecule has 4 saturated carbocycles. The molecule has 0 radical (unpaired) electrons. The molecule has 1 aliphatic heterocycles. The highest BCUT2D eigenvalue weighted by Crippen LogP contribution is 2.75. The van der Waals surface area contributed by atoms with E-state index in [1.54, 1.807) is 6.92 Å². The van der Waals surface area contributed by atoms with Crippen LogP contribution in [-0.4, -0.2) is 87.0 Å². The molecule has 272 valence electrons. The number of carboxylic acids is 1. The monoisotopic (exact) mass is 676 g/mol. The molecule has 6 aliphatic rings. The van der Waals surface area contributed by atoms with Crippen LogP contribution in [0.25, 0.3) is 0 Å². The molecular formula is C38H60O10.